The summed E-state index contributed by atoms with van der Waals surface area (Å²) in [5.74, 6) is -0.800. The van der Waals surface area contributed by atoms with Gasteiger partial charge in [0.2, 0.25) is 5.91 Å². The van der Waals surface area contributed by atoms with Gasteiger partial charge in [0.05, 0.1) is 12.5 Å². The quantitative estimate of drug-likeness (QED) is 0.776. The number of carboxylic acid groups (broad SMARTS) is 1. The molecule has 2 unspecified atom stereocenters. The Bertz CT molecular complexity index is 305. The third-order valence-corrected chi connectivity index (χ3v) is 3.39. The summed E-state index contributed by atoms with van der Waals surface area (Å²) in [5.41, 5.74) is 0. The van der Waals surface area contributed by atoms with Gasteiger partial charge in [-0.1, -0.05) is 6.42 Å². The molecule has 5 heteroatoms. The van der Waals surface area contributed by atoms with Gasteiger partial charge in [-0.2, -0.15) is 0 Å². The van der Waals surface area contributed by atoms with Crippen LogP contribution >= 0.6 is 0 Å². The molecule has 1 rings (SSSR count). The molecule has 0 aromatic rings. The molecule has 0 radical (unpaired) electrons. The van der Waals surface area contributed by atoms with Crippen molar-refractivity contribution in [2.24, 2.45) is 0 Å². The van der Waals surface area contributed by atoms with Gasteiger partial charge in [0.25, 0.3) is 0 Å². The van der Waals surface area contributed by atoms with Crippen molar-refractivity contribution in [1.82, 2.24) is 10.2 Å². The number of aliphatic carboxylic acids is 1. The predicted octanol–water partition coefficient (Wildman–Crippen LogP) is 1.23. The number of carboxylic acids is 1. The highest BCUT2D eigenvalue weighted by Crippen LogP contribution is 2.22. The summed E-state index contributed by atoms with van der Waals surface area (Å²) < 4.78 is 0. The molecular weight excluding hydrogens is 232 g/mol. The Balaban J connectivity index is 2.64. The minimum atomic E-state index is -0.789. The Morgan fingerprint density at radius 3 is 2.56 bits per heavy atom. The molecule has 0 aromatic heterocycles. The predicted molar refractivity (Wildman–Crippen MR) is 69.3 cm³/mol. The minimum absolute atomic E-state index is 0.0100. The summed E-state index contributed by atoms with van der Waals surface area (Å²) >= 11 is 0. The number of nitrogens with one attached hydrogen (secondary N) is 1. The van der Waals surface area contributed by atoms with E-state index in [9.17, 15) is 9.59 Å². The first-order valence-corrected chi connectivity index (χ1v) is 6.69. The highest BCUT2D eigenvalue weighted by atomic mass is 16.4. The first-order chi connectivity index (χ1) is 8.41. The number of hydrogen-bond acceptors (Lipinski definition) is 3. The standard InChI is InChI=1S/C13H24N2O3/c1-9(2)14-13(18)10(3)15-7-5-4-6-11(15)8-12(16)17/h9-11H,4-8H2,1-3H3,(H,14,18)(H,16,17). The van der Waals surface area contributed by atoms with Crippen LogP contribution in [0.3, 0.4) is 0 Å². The fourth-order valence-electron chi connectivity index (χ4n) is 2.51. The van der Waals surface area contributed by atoms with Crippen LogP contribution in [-0.2, 0) is 9.59 Å². The van der Waals surface area contributed by atoms with Crippen molar-refractivity contribution in [3.63, 3.8) is 0 Å². The Morgan fingerprint density at radius 1 is 1.33 bits per heavy atom. The molecule has 1 heterocycles. The average molecular weight is 256 g/mol. The van der Waals surface area contributed by atoms with Gasteiger partial charge in [-0.05, 0) is 40.2 Å². The van der Waals surface area contributed by atoms with Crippen LogP contribution < -0.4 is 5.32 Å². The van der Waals surface area contributed by atoms with Crippen LogP contribution in [0.1, 0.15) is 46.5 Å². The summed E-state index contributed by atoms with van der Waals surface area (Å²) in [7, 11) is 0. The second-order valence-corrected chi connectivity index (χ2v) is 5.32. The molecule has 2 atom stereocenters. The van der Waals surface area contributed by atoms with E-state index in [2.05, 4.69) is 5.32 Å². The molecule has 0 aromatic carbocycles. The van der Waals surface area contributed by atoms with Gasteiger partial charge < -0.3 is 10.4 Å². The normalized spacial score (nSPS) is 22.8. The number of rotatable bonds is 5. The van der Waals surface area contributed by atoms with E-state index in [1.807, 2.05) is 25.7 Å². The largest absolute Gasteiger partial charge is 0.481 e. The van der Waals surface area contributed by atoms with Gasteiger partial charge in [-0.25, -0.2) is 0 Å². The van der Waals surface area contributed by atoms with Crippen molar-refractivity contribution in [3.05, 3.63) is 0 Å². The Kier molecular flexibility index (Phi) is 5.59. The van der Waals surface area contributed by atoms with Crippen LogP contribution in [0.15, 0.2) is 0 Å². The highest BCUT2D eigenvalue weighted by Gasteiger charge is 2.31. The second-order valence-electron chi connectivity index (χ2n) is 5.32. The molecule has 1 aliphatic rings. The van der Waals surface area contributed by atoms with Crippen LogP contribution in [0.25, 0.3) is 0 Å². The summed E-state index contributed by atoms with van der Waals surface area (Å²) in [4.78, 5) is 24.9. The van der Waals surface area contributed by atoms with E-state index in [0.717, 1.165) is 25.8 Å². The smallest absolute Gasteiger partial charge is 0.304 e. The minimum Gasteiger partial charge on any atom is -0.481 e. The number of hydrogen-bond donors (Lipinski definition) is 2. The monoisotopic (exact) mass is 256 g/mol. The molecular formula is C13H24N2O3. The van der Waals surface area contributed by atoms with Crippen molar-refractivity contribution >= 4 is 11.9 Å². The third-order valence-electron chi connectivity index (χ3n) is 3.39. The van der Waals surface area contributed by atoms with Crippen molar-refractivity contribution in [2.75, 3.05) is 6.54 Å². The number of carbonyl (C=O) groups excluding carboxylic acids is 1. The number of carbonyl (C=O) groups is 2. The van der Waals surface area contributed by atoms with E-state index < -0.39 is 5.97 Å². The maximum Gasteiger partial charge on any atom is 0.304 e. The zero-order chi connectivity index (χ0) is 13.7. The van der Waals surface area contributed by atoms with Crippen LogP contribution in [-0.4, -0.2) is 46.6 Å². The molecule has 0 spiro atoms. The first kappa shape index (κ1) is 15.0. The van der Waals surface area contributed by atoms with Gasteiger partial charge >= 0.3 is 5.97 Å². The molecule has 0 aliphatic carbocycles. The molecule has 0 bridgehead atoms. The Morgan fingerprint density at radius 2 is 2.00 bits per heavy atom. The maximum atomic E-state index is 12.0. The lowest BCUT2D eigenvalue weighted by molar-refractivity contribution is -0.140. The van der Waals surface area contributed by atoms with Gasteiger partial charge in [0.1, 0.15) is 0 Å². The Hall–Kier alpha value is -1.10. The molecule has 1 aliphatic heterocycles. The summed E-state index contributed by atoms with van der Waals surface area (Å²) in [6, 6.07) is -0.149. The van der Waals surface area contributed by atoms with Crippen molar-refractivity contribution < 1.29 is 14.7 Å². The van der Waals surface area contributed by atoms with Crippen LogP contribution in [0.4, 0.5) is 0 Å². The molecule has 18 heavy (non-hydrogen) atoms. The molecule has 1 fully saturated rings. The van der Waals surface area contributed by atoms with E-state index in [1.54, 1.807) is 0 Å². The van der Waals surface area contributed by atoms with Gasteiger partial charge in [0.15, 0.2) is 0 Å². The van der Waals surface area contributed by atoms with Crippen LogP contribution in [0.5, 0.6) is 0 Å². The van der Waals surface area contributed by atoms with Crippen LogP contribution in [0, 0.1) is 0 Å². The van der Waals surface area contributed by atoms with E-state index in [-0.39, 0.29) is 30.5 Å². The number of likely N-dealkylation sites (tertiary alicyclic amines) is 1. The molecule has 104 valence electrons. The molecule has 1 amide bonds. The first-order valence-electron chi connectivity index (χ1n) is 6.69. The Labute approximate surface area is 109 Å². The van der Waals surface area contributed by atoms with Gasteiger partial charge in [0, 0.05) is 12.1 Å². The lowest BCUT2D eigenvalue weighted by Gasteiger charge is -2.38. The highest BCUT2D eigenvalue weighted by molar-refractivity contribution is 5.81. The third kappa shape index (κ3) is 4.29. The fraction of sp³-hybridized carbons (Fsp3) is 0.846. The fourth-order valence-corrected chi connectivity index (χ4v) is 2.51. The lowest BCUT2D eigenvalue weighted by atomic mass is 9.97. The number of amides is 1. The van der Waals surface area contributed by atoms with Crippen LogP contribution in [0.2, 0.25) is 0 Å². The summed E-state index contributed by atoms with van der Waals surface area (Å²) in [6.07, 6.45) is 3.08. The van der Waals surface area contributed by atoms with Crippen molar-refractivity contribution in [2.45, 2.75) is 64.6 Å². The molecule has 1 saturated heterocycles. The van der Waals surface area contributed by atoms with Crippen molar-refractivity contribution in [1.29, 1.82) is 0 Å². The second kappa shape index (κ2) is 6.73. The number of nitrogens with zero attached hydrogens (tertiary/aromatic N) is 1. The van der Waals surface area contributed by atoms with E-state index in [4.69, 9.17) is 5.11 Å². The molecule has 2 N–H and O–H groups in total. The van der Waals surface area contributed by atoms with Gasteiger partial charge in [-0.15, -0.1) is 0 Å². The maximum absolute atomic E-state index is 12.0. The SMILES string of the molecule is CC(C)NC(=O)C(C)N1CCCCC1CC(=O)O. The van der Waals surface area contributed by atoms with E-state index in [0.29, 0.717) is 0 Å². The average Bonchev–Trinajstić information content (AvgIpc) is 2.27. The van der Waals surface area contributed by atoms with Gasteiger partial charge in [-0.3, -0.25) is 14.5 Å². The molecule has 0 saturated carbocycles. The van der Waals surface area contributed by atoms with E-state index >= 15 is 0 Å². The zero-order valence-electron chi connectivity index (χ0n) is 11.5. The summed E-state index contributed by atoms with van der Waals surface area (Å²) in [6.45, 7) is 6.52. The van der Waals surface area contributed by atoms with E-state index in [1.165, 1.54) is 0 Å². The number of piperidine rings is 1. The van der Waals surface area contributed by atoms with Crippen molar-refractivity contribution in [3.8, 4) is 0 Å². The molecule has 5 nitrogen and oxygen atoms in total. The summed E-state index contributed by atoms with van der Waals surface area (Å²) in [5, 5.41) is 11.8. The zero-order valence-corrected chi connectivity index (χ0v) is 11.5. The lowest BCUT2D eigenvalue weighted by Crippen LogP contribution is -2.53. The topological polar surface area (TPSA) is 69.6 Å².